The van der Waals surface area contributed by atoms with Crippen LogP contribution in [-0.2, 0) is 10.2 Å². The minimum atomic E-state index is -3.34. The van der Waals surface area contributed by atoms with Gasteiger partial charge in [0.05, 0.1) is 0 Å². The van der Waals surface area contributed by atoms with Crippen molar-refractivity contribution in [2.45, 2.75) is 71.9 Å². The molecule has 1 aliphatic rings. The molecule has 0 radical (unpaired) electrons. The lowest BCUT2D eigenvalue weighted by molar-refractivity contribution is 0.217. The van der Waals surface area contributed by atoms with E-state index in [0.717, 1.165) is 38.6 Å². The molecule has 0 spiro atoms. The quantitative estimate of drug-likeness (QED) is 0.674. The summed E-state index contributed by atoms with van der Waals surface area (Å²) in [4.78, 5) is 0. The fraction of sp³-hybridized carbons (Fsp3) is 1.00. The highest BCUT2D eigenvalue weighted by Gasteiger charge is 2.30. The maximum atomic E-state index is 12.3. The maximum Gasteiger partial charge on any atom is 0.279 e. The summed E-state index contributed by atoms with van der Waals surface area (Å²) in [6, 6.07) is 0.537. The van der Waals surface area contributed by atoms with Crippen molar-refractivity contribution in [3.8, 4) is 0 Å². The Labute approximate surface area is 131 Å². The van der Waals surface area contributed by atoms with Crippen LogP contribution in [0.1, 0.15) is 59.8 Å². The van der Waals surface area contributed by atoms with E-state index >= 15 is 0 Å². The predicted octanol–water partition coefficient (Wildman–Crippen LogP) is 2.11. The first-order valence-corrected chi connectivity index (χ1v) is 9.53. The van der Waals surface area contributed by atoms with Gasteiger partial charge in [0.2, 0.25) is 0 Å². The first kappa shape index (κ1) is 18.9. The van der Waals surface area contributed by atoms with Gasteiger partial charge in [0, 0.05) is 25.7 Å². The Hall–Kier alpha value is -0.170. The van der Waals surface area contributed by atoms with Gasteiger partial charge in [-0.25, -0.2) is 0 Å². The van der Waals surface area contributed by atoms with Crippen LogP contribution in [0, 0.1) is 5.41 Å². The van der Waals surface area contributed by atoms with Crippen molar-refractivity contribution in [1.29, 1.82) is 0 Å². The molecule has 5 nitrogen and oxygen atoms in total. The Balaban J connectivity index is 2.35. The zero-order valence-corrected chi connectivity index (χ0v) is 15.1. The zero-order chi connectivity index (χ0) is 16.1. The molecule has 2 N–H and O–H groups in total. The molecule has 0 aromatic heterocycles. The van der Waals surface area contributed by atoms with E-state index in [1.165, 1.54) is 4.31 Å². The molecule has 0 aromatic carbocycles. The normalized spacial score (nSPS) is 20.3. The zero-order valence-electron chi connectivity index (χ0n) is 14.3. The highest BCUT2D eigenvalue weighted by molar-refractivity contribution is 7.87. The van der Waals surface area contributed by atoms with Gasteiger partial charge in [-0.15, -0.1) is 0 Å². The second kappa shape index (κ2) is 7.90. The Bertz CT molecular complexity index is 397. The van der Waals surface area contributed by atoms with Gasteiger partial charge < -0.3 is 5.32 Å². The average molecular weight is 320 g/mol. The first-order valence-electron chi connectivity index (χ1n) is 8.09. The van der Waals surface area contributed by atoms with Gasteiger partial charge >= 0.3 is 0 Å². The van der Waals surface area contributed by atoms with Crippen molar-refractivity contribution in [2.75, 3.05) is 20.1 Å². The van der Waals surface area contributed by atoms with Crippen LogP contribution in [0.15, 0.2) is 0 Å². The van der Waals surface area contributed by atoms with Gasteiger partial charge in [-0.1, -0.05) is 27.7 Å². The maximum absolute atomic E-state index is 12.3. The molecule has 0 aliphatic heterocycles. The van der Waals surface area contributed by atoms with E-state index < -0.39 is 10.2 Å². The summed E-state index contributed by atoms with van der Waals surface area (Å²) in [6.45, 7) is 10.1. The Morgan fingerprint density at radius 2 is 1.81 bits per heavy atom. The SMILES string of the molecule is CC(C)NCCCN(C)S(=O)(=O)NC1CCC(C)(C)CC1. The van der Waals surface area contributed by atoms with E-state index in [2.05, 4.69) is 37.7 Å². The predicted molar refractivity (Wildman–Crippen MR) is 88.5 cm³/mol. The summed E-state index contributed by atoms with van der Waals surface area (Å²) < 4.78 is 28.9. The standard InChI is InChI=1S/C15H33N3O2S/c1-13(2)16-11-6-12-18(5)21(19,20)17-14-7-9-15(3,4)10-8-14/h13-14,16-17H,6-12H2,1-5H3. The highest BCUT2D eigenvalue weighted by atomic mass is 32.2. The van der Waals surface area contributed by atoms with Crippen LogP contribution in [0.5, 0.6) is 0 Å². The Morgan fingerprint density at radius 3 is 2.33 bits per heavy atom. The molecule has 0 amide bonds. The van der Waals surface area contributed by atoms with Gasteiger partial charge in [0.15, 0.2) is 0 Å². The summed E-state index contributed by atoms with van der Waals surface area (Å²) in [6.07, 6.45) is 4.88. The number of nitrogens with one attached hydrogen (secondary N) is 2. The van der Waals surface area contributed by atoms with Crippen LogP contribution in [-0.4, -0.2) is 44.9 Å². The van der Waals surface area contributed by atoms with Gasteiger partial charge in [-0.2, -0.15) is 17.4 Å². The average Bonchev–Trinajstić information content (AvgIpc) is 2.36. The largest absolute Gasteiger partial charge is 0.314 e. The second-order valence-electron chi connectivity index (χ2n) is 7.35. The summed E-state index contributed by atoms with van der Waals surface area (Å²) in [5.41, 5.74) is 0.357. The van der Waals surface area contributed by atoms with E-state index in [1.54, 1.807) is 7.05 Å². The lowest BCUT2D eigenvalue weighted by Crippen LogP contribution is -2.46. The molecule has 21 heavy (non-hydrogen) atoms. The van der Waals surface area contributed by atoms with E-state index in [9.17, 15) is 8.42 Å². The number of hydrogen-bond donors (Lipinski definition) is 2. The third kappa shape index (κ3) is 7.08. The number of hydrogen-bond acceptors (Lipinski definition) is 3. The Morgan fingerprint density at radius 1 is 1.24 bits per heavy atom. The van der Waals surface area contributed by atoms with Crippen LogP contribution in [0.2, 0.25) is 0 Å². The lowest BCUT2D eigenvalue weighted by Gasteiger charge is -2.35. The third-order valence-corrected chi connectivity index (χ3v) is 5.90. The second-order valence-corrected chi connectivity index (χ2v) is 9.15. The molecule has 0 atom stereocenters. The molecule has 0 saturated heterocycles. The van der Waals surface area contributed by atoms with Crippen molar-refractivity contribution < 1.29 is 8.42 Å². The number of nitrogens with zero attached hydrogens (tertiary/aromatic N) is 1. The van der Waals surface area contributed by atoms with E-state index in [1.807, 2.05) is 0 Å². The topological polar surface area (TPSA) is 61.4 Å². The fourth-order valence-corrected chi connectivity index (χ4v) is 3.84. The van der Waals surface area contributed by atoms with Crippen LogP contribution in [0.25, 0.3) is 0 Å². The van der Waals surface area contributed by atoms with Crippen molar-refractivity contribution in [1.82, 2.24) is 14.3 Å². The third-order valence-electron chi connectivity index (χ3n) is 4.27. The minimum Gasteiger partial charge on any atom is -0.314 e. The monoisotopic (exact) mass is 319 g/mol. The van der Waals surface area contributed by atoms with Gasteiger partial charge in [-0.05, 0) is 44.1 Å². The van der Waals surface area contributed by atoms with Gasteiger partial charge in [0.1, 0.15) is 0 Å². The summed E-state index contributed by atoms with van der Waals surface area (Å²) in [5, 5.41) is 3.30. The first-order chi connectivity index (χ1) is 9.62. The van der Waals surface area contributed by atoms with Crippen molar-refractivity contribution in [3.63, 3.8) is 0 Å². The van der Waals surface area contributed by atoms with Crippen LogP contribution < -0.4 is 10.0 Å². The molecule has 0 unspecified atom stereocenters. The van der Waals surface area contributed by atoms with Crippen molar-refractivity contribution in [3.05, 3.63) is 0 Å². The summed E-state index contributed by atoms with van der Waals surface area (Å²) in [7, 11) is -1.69. The van der Waals surface area contributed by atoms with E-state index in [4.69, 9.17) is 0 Å². The summed E-state index contributed by atoms with van der Waals surface area (Å²) in [5.74, 6) is 0. The molecule has 1 rings (SSSR count). The molecule has 1 saturated carbocycles. The molecule has 1 aliphatic carbocycles. The smallest absolute Gasteiger partial charge is 0.279 e. The molecule has 0 aromatic rings. The van der Waals surface area contributed by atoms with Crippen LogP contribution in [0.3, 0.4) is 0 Å². The van der Waals surface area contributed by atoms with Gasteiger partial charge in [0.25, 0.3) is 10.2 Å². The minimum absolute atomic E-state index is 0.0965. The highest BCUT2D eigenvalue weighted by Crippen LogP contribution is 2.35. The molecule has 1 fully saturated rings. The van der Waals surface area contributed by atoms with Crippen LogP contribution >= 0.6 is 0 Å². The summed E-state index contributed by atoms with van der Waals surface area (Å²) >= 11 is 0. The number of rotatable bonds is 8. The Kier molecular flexibility index (Phi) is 7.10. The lowest BCUT2D eigenvalue weighted by atomic mass is 9.76. The molecule has 6 heteroatoms. The molecule has 0 heterocycles. The van der Waals surface area contributed by atoms with Gasteiger partial charge in [-0.3, -0.25) is 0 Å². The molecular weight excluding hydrogens is 286 g/mol. The molecule has 126 valence electrons. The molecule has 0 bridgehead atoms. The van der Waals surface area contributed by atoms with Crippen LogP contribution in [0.4, 0.5) is 0 Å². The van der Waals surface area contributed by atoms with E-state index in [-0.39, 0.29) is 6.04 Å². The molecular formula is C15H33N3O2S. The van der Waals surface area contributed by atoms with E-state index in [0.29, 0.717) is 18.0 Å². The fourth-order valence-electron chi connectivity index (χ4n) is 2.63. The van der Waals surface area contributed by atoms with Crippen molar-refractivity contribution >= 4 is 10.2 Å². The van der Waals surface area contributed by atoms with Crippen molar-refractivity contribution in [2.24, 2.45) is 5.41 Å².